The van der Waals surface area contributed by atoms with Crippen molar-refractivity contribution in [2.24, 2.45) is 5.73 Å². The number of nitrogens with two attached hydrogens (primary N) is 1. The largest absolute Gasteiger partial charge is 0.344 e. The summed E-state index contributed by atoms with van der Waals surface area (Å²) >= 11 is 1.63. The fourth-order valence-corrected chi connectivity index (χ4v) is 3.44. The molecular weight excluding hydrogens is 224 g/mol. The number of aromatic amines is 1. The van der Waals surface area contributed by atoms with E-state index in [4.69, 9.17) is 5.73 Å². The van der Waals surface area contributed by atoms with E-state index in [1.165, 1.54) is 6.42 Å². The van der Waals surface area contributed by atoms with E-state index in [1.54, 1.807) is 16.3 Å². The van der Waals surface area contributed by atoms with Crippen LogP contribution in [0.1, 0.15) is 39.2 Å². The molecule has 90 valence electrons. The van der Waals surface area contributed by atoms with Crippen molar-refractivity contribution in [1.82, 2.24) is 14.8 Å². The molecule has 5 nitrogen and oxygen atoms in total. The van der Waals surface area contributed by atoms with Gasteiger partial charge in [-0.15, -0.1) is 5.10 Å². The SMILES string of the molecule is CC(C)n1c(SC2CCCC2N)n[nH]c1=O. The van der Waals surface area contributed by atoms with Gasteiger partial charge in [-0.1, -0.05) is 18.2 Å². The molecule has 1 aliphatic carbocycles. The predicted molar refractivity (Wildman–Crippen MR) is 64.7 cm³/mol. The summed E-state index contributed by atoms with van der Waals surface area (Å²) in [7, 11) is 0. The molecule has 1 aromatic rings. The average molecular weight is 242 g/mol. The third kappa shape index (κ3) is 2.17. The second-order valence-corrected chi connectivity index (χ2v) is 5.73. The Hall–Kier alpha value is -0.750. The van der Waals surface area contributed by atoms with Gasteiger partial charge in [-0.25, -0.2) is 9.89 Å². The van der Waals surface area contributed by atoms with Gasteiger partial charge in [0.15, 0.2) is 5.16 Å². The monoisotopic (exact) mass is 242 g/mol. The summed E-state index contributed by atoms with van der Waals surface area (Å²) in [6, 6.07) is 0.365. The van der Waals surface area contributed by atoms with Crippen LogP contribution in [0.5, 0.6) is 0 Å². The van der Waals surface area contributed by atoms with Crippen molar-refractivity contribution in [2.45, 2.75) is 55.6 Å². The van der Waals surface area contributed by atoms with Gasteiger partial charge in [0.2, 0.25) is 0 Å². The predicted octanol–water partition coefficient (Wildman–Crippen LogP) is 1.12. The first-order chi connectivity index (χ1) is 7.59. The lowest BCUT2D eigenvalue weighted by molar-refractivity contribution is 0.532. The van der Waals surface area contributed by atoms with Crippen LogP contribution in [0, 0.1) is 0 Å². The van der Waals surface area contributed by atoms with Crippen LogP contribution in [0.2, 0.25) is 0 Å². The molecule has 1 heterocycles. The Morgan fingerprint density at radius 2 is 2.31 bits per heavy atom. The number of aromatic nitrogens is 3. The standard InChI is InChI=1S/C10H18N4OS/c1-6(2)14-9(15)12-13-10(14)16-8-5-3-4-7(8)11/h6-8H,3-5,11H2,1-2H3,(H,12,15). The van der Waals surface area contributed by atoms with Gasteiger partial charge >= 0.3 is 5.69 Å². The molecule has 0 radical (unpaired) electrons. The Kier molecular flexibility index (Phi) is 3.39. The van der Waals surface area contributed by atoms with Crippen LogP contribution in [0.25, 0.3) is 0 Å². The molecule has 6 heteroatoms. The first kappa shape index (κ1) is 11.7. The molecular formula is C10H18N4OS. The van der Waals surface area contributed by atoms with Crippen molar-refractivity contribution in [3.63, 3.8) is 0 Å². The van der Waals surface area contributed by atoms with Crippen molar-refractivity contribution in [1.29, 1.82) is 0 Å². The summed E-state index contributed by atoms with van der Waals surface area (Å²) in [6.07, 6.45) is 3.37. The van der Waals surface area contributed by atoms with Gasteiger partial charge in [-0.05, 0) is 26.7 Å². The van der Waals surface area contributed by atoms with Crippen LogP contribution < -0.4 is 11.4 Å². The molecule has 2 unspecified atom stereocenters. The van der Waals surface area contributed by atoms with Crippen molar-refractivity contribution in [2.75, 3.05) is 0 Å². The number of nitrogens with zero attached hydrogens (tertiary/aromatic N) is 2. The summed E-state index contributed by atoms with van der Waals surface area (Å²) in [5.41, 5.74) is 5.88. The second-order valence-electron chi connectivity index (χ2n) is 4.53. The first-order valence-electron chi connectivity index (χ1n) is 5.68. The number of hydrogen-bond donors (Lipinski definition) is 2. The maximum atomic E-state index is 11.5. The number of thioether (sulfide) groups is 1. The minimum absolute atomic E-state index is 0.131. The van der Waals surface area contributed by atoms with E-state index in [0.717, 1.165) is 18.0 Å². The van der Waals surface area contributed by atoms with Crippen molar-refractivity contribution < 1.29 is 0 Å². The molecule has 16 heavy (non-hydrogen) atoms. The normalized spacial score (nSPS) is 25.5. The van der Waals surface area contributed by atoms with E-state index >= 15 is 0 Å². The molecule has 0 bridgehead atoms. The molecule has 0 spiro atoms. The average Bonchev–Trinajstić information content (AvgIpc) is 2.75. The number of rotatable bonds is 3. The molecule has 0 saturated heterocycles. The number of nitrogens with one attached hydrogen (secondary N) is 1. The van der Waals surface area contributed by atoms with E-state index in [9.17, 15) is 4.79 Å². The molecule has 0 aliphatic heterocycles. The highest BCUT2D eigenvalue weighted by molar-refractivity contribution is 7.99. The Morgan fingerprint density at radius 1 is 1.56 bits per heavy atom. The zero-order valence-corrected chi connectivity index (χ0v) is 10.5. The maximum Gasteiger partial charge on any atom is 0.344 e. The summed E-state index contributed by atoms with van der Waals surface area (Å²) in [5, 5.41) is 7.73. The maximum absolute atomic E-state index is 11.5. The minimum atomic E-state index is -0.135. The van der Waals surface area contributed by atoms with E-state index in [-0.39, 0.29) is 17.8 Å². The molecule has 1 saturated carbocycles. The lowest BCUT2D eigenvalue weighted by Crippen LogP contribution is -2.27. The molecule has 0 amide bonds. The fraction of sp³-hybridized carbons (Fsp3) is 0.800. The number of H-pyrrole nitrogens is 1. The third-order valence-electron chi connectivity index (χ3n) is 2.95. The van der Waals surface area contributed by atoms with Crippen molar-refractivity contribution in [3.05, 3.63) is 10.5 Å². The second kappa shape index (κ2) is 4.63. The van der Waals surface area contributed by atoms with Crippen LogP contribution in [-0.2, 0) is 0 Å². The Labute approximate surface area is 98.8 Å². The summed E-state index contributed by atoms with van der Waals surface area (Å²) < 4.78 is 1.69. The topological polar surface area (TPSA) is 76.7 Å². The van der Waals surface area contributed by atoms with Crippen LogP contribution in [-0.4, -0.2) is 26.1 Å². The molecule has 2 rings (SSSR count). The van der Waals surface area contributed by atoms with Crippen molar-refractivity contribution >= 4 is 11.8 Å². The molecule has 3 N–H and O–H groups in total. The summed E-state index contributed by atoms with van der Waals surface area (Å²) in [4.78, 5) is 11.5. The van der Waals surface area contributed by atoms with E-state index < -0.39 is 0 Å². The van der Waals surface area contributed by atoms with Gasteiger partial charge in [0.05, 0.1) is 0 Å². The summed E-state index contributed by atoms with van der Waals surface area (Å²) in [6.45, 7) is 3.96. The summed E-state index contributed by atoms with van der Waals surface area (Å²) in [5.74, 6) is 0. The van der Waals surface area contributed by atoms with Gasteiger partial charge in [-0.2, -0.15) is 0 Å². The van der Waals surface area contributed by atoms with Gasteiger partial charge < -0.3 is 5.73 Å². The minimum Gasteiger partial charge on any atom is -0.327 e. The van der Waals surface area contributed by atoms with E-state index in [1.807, 2.05) is 13.8 Å². The van der Waals surface area contributed by atoms with Crippen LogP contribution in [0.4, 0.5) is 0 Å². The van der Waals surface area contributed by atoms with E-state index in [0.29, 0.717) is 5.25 Å². The zero-order chi connectivity index (χ0) is 11.7. The Balaban J connectivity index is 2.18. The highest BCUT2D eigenvalue weighted by Gasteiger charge is 2.27. The first-order valence-corrected chi connectivity index (χ1v) is 6.56. The molecule has 0 aromatic carbocycles. The fourth-order valence-electron chi connectivity index (χ4n) is 2.07. The highest BCUT2D eigenvalue weighted by Crippen LogP contribution is 2.33. The van der Waals surface area contributed by atoms with Gasteiger partial charge in [0.1, 0.15) is 0 Å². The van der Waals surface area contributed by atoms with Crippen LogP contribution in [0.15, 0.2) is 9.95 Å². The van der Waals surface area contributed by atoms with Gasteiger partial charge in [0, 0.05) is 17.3 Å². The van der Waals surface area contributed by atoms with Crippen LogP contribution in [0.3, 0.4) is 0 Å². The smallest absolute Gasteiger partial charge is 0.327 e. The molecule has 2 atom stereocenters. The Morgan fingerprint density at radius 3 is 2.88 bits per heavy atom. The molecule has 1 aromatic heterocycles. The third-order valence-corrected chi connectivity index (χ3v) is 4.34. The highest BCUT2D eigenvalue weighted by atomic mass is 32.2. The number of hydrogen-bond acceptors (Lipinski definition) is 4. The quantitative estimate of drug-likeness (QED) is 0.833. The van der Waals surface area contributed by atoms with Gasteiger partial charge in [-0.3, -0.25) is 4.57 Å². The molecule has 1 aliphatic rings. The van der Waals surface area contributed by atoms with E-state index in [2.05, 4.69) is 10.2 Å². The van der Waals surface area contributed by atoms with Crippen LogP contribution >= 0.6 is 11.8 Å². The lowest BCUT2D eigenvalue weighted by atomic mass is 10.3. The zero-order valence-electron chi connectivity index (χ0n) is 9.64. The molecule has 1 fully saturated rings. The Bertz CT molecular complexity index is 411. The van der Waals surface area contributed by atoms with Gasteiger partial charge in [0.25, 0.3) is 0 Å². The van der Waals surface area contributed by atoms with Crippen molar-refractivity contribution in [3.8, 4) is 0 Å². The lowest BCUT2D eigenvalue weighted by Gasteiger charge is -2.15.